The first kappa shape index (κ1) is 13.0. The third-order valence-corrected chi connectivity index (χ3v) is 3.52. The summed E-state index contributed by atoms with van der Waals surface area (Å²) in [6, 6.07) is 5.86. The lowest BCUT2D eigenvalue weighted by Gasteiger charge is -2.37. The lowest BCUT2D eigenvalue weighted by molar-refractivity contribution is 0.0351. The highest BCUT2D eigenvalue weighted by Crippen LogP contribution is 2.35. The van der Waals surface area contributed by atoms with Gasteiger partial charge >= 0.3 is 0 Å². The molecule has 1 heterocycles. The van der Waals surface area contributed by atoms with Gasteiger partial charge in [0.15, 0.2) is 0 Å². The number of nitrogen functional groups attached to an aromatic ring is 1. The van der Waals surface area contributed by atoms with Crippen LogP contribution in [0.4, 0.5) is 11.4 Å². The van der Waals surface area contributed by atoms with Crippen LogP contribution < -0.4 is 15.4 Å². The van der Waals surface area contributed by atoms with E-state index >= 15 is 0 Å². The van der Waals surface area contributed by atoms with E-state index in [2.05, 4.69) is 4.90 Å². The number of ether oxygens (including phenoxy) is 1. The van der Waals surface area contributed by atoms with Gasteiger partial charge in [0, 0.05) is 13.1 Å². The second kappa shape index (κ2) is 5.06. The molecule has 1 saturated heterocycles. The molecule has 4 heteroatoms. The third-order valence-electron chi connectivity index (χ3n) is 3.52. The first-order chi connectivity index (χ1) is 8.53. The van der Waals surface area contributed by atoms with E-state index in [0.29, 0.717) is 12.3 Å². The van der Waals surface area contributed by atoms with Crippen molar-refractivity contribution in [2.45, 2.75) is 32.3 Å². The Bertz CT molecular complexity index is 408. The largest absolute Gasteiger partial charge is 0.492 e. The average Bonchev–Trinajstić information content (AvgIpc) is 2.33. The quantitative estimate of drug-likeness (QED) is 0.806. The number of aliphatic hydroxyl groups is 1. The van der Waals surface area contributed by atoms with Crippen molar-refractivity contribution in [3.63, 3.8) is 0 Å². The first-order valence-electron chi connectivity index (χ1n) is 6.52. The van der Waals surface area contributed by atoms with Crippen LogP contribution >= 0.6 is 0 Å². The third kappa shape index (κ3) is 2.70. The van der Waals surface area contributed by atoms with Crippen molar-refractivity contribution < 1.29 is 9.84 Å². The highest BCUT2D eigenvalue weighted by atomic mass is 16.5. The van der Waals surface area contributed by atoms with Crippen LogP contribution in [0.1, 0.15) is 26.7 Å². The van der Waals surface area contributed by atoms with Crippen molar-refractivity contribution in [2.75, 3.05) is 30.3 Å². The van der Waals surface area contributed by atoms with E-state index in [1.54, 1.807) is 0 Å². The Morgan fingerprint density at radius 3 is 2.67 bits per heavy atom. The van der Waals surface area contributed by atoms with Gasteiger partial charge in [-0.2, -0.15) is 0 Å². The zero-order valence-electron chi connectivity index (χ0n) is 11.1. The number of hydrogen-bond donors (Lipinski definition) is 2. The van der Waals surface area contributed by atoms with Gasteiger partial charge in [0.25, 0.3) is 0 Å². The zero-order valence-corrected chi connectivity index (χ0v) is 11.1. The van der Waals surface area contributed by atoms with Crippen molar-refractivity contribution >= 4 is 11.4 Å². The second-order valence-electron chi connectivity index (χ2n) is 5.11. The highest BCUT2D eigenvalue weighted by molar-refractivity contribution is 5.74. The molecule has 1 aromatic carbocycles. The number of rotatable bonds is 3. The van der Waals surface area contributed by atoms with Crippen LogP contribution in [-0.2, 0) is 0 Å². The van der Waals surface area contributed by atoms with Crippen LogP contribution in [0.3, 0.4) is 0 Å². The molecule has 4 nitrogen and oxygen atoms in total. The summed E-state index contributed by atoms with van der Waals surface area (Å²) in [5.74, 6) is 0.743. The summed E-state index contributed by atoms with van der Waals surface area (Å²) in [7, 11) is 0. The van der Waals surface area contributed by atoms with Crippen molar-refractivity contribution in [2.24, 2.45) is 0 Å². The minimum Gasteiger partial charge on any atom is -0.492 e. The lowest BCUT2D eigenvalue weighted by atomic mass is 9.93. The van der Waals surface area contributed by atoms with Gasteiger partial charge in [0.1, 0.15) is 5.75 Å². The van der Waals surface area contributed by atoms with E-state index < -0.39 is 5.60 Å². The van der Waals surface area contributed by atoms with E-state index in [9.17, 15) is 5.11 Å². The highest BCUT2D eigenvalue weighted by Gasteiger charge is 2.28. The van der Waals surface area contributed by atoms with Gasteiger partial charge in [-0.05, 0) is 38.8 Å². The van der Waals surface area contributed by atoms with Gasteiger partial charge in [-0.15, -0.1) is 0 Å². The summed E-state index contributed by atoms with van der Waals surface area (Å²) >= 11 is 0. The van der Waals surface area contributed by atoms with E-state index in [0.717, 1.165) is 37.4 Å². The molecule has 2 rings (SSSR count). The fraction of sp³-hybridized carbons (Fsp3) is 0.571. The molecule has 3 N–H and O–H groups in total. The predicted molar refractivity (Wildman–Crippen MR) is 74.1 cm³/mol. The summed E-state index contributed by atoms with van der Waals surface area (Å²) in [6.07, 6.45) is 1.54. The minimum atomic E-state index is -0.539. The second-order valence-corrected chi connectivity index (χ2v) is 5.11. The Morgan fingerprint density at radius 1 is 1.39 bits per heavy atom. The van der Waals surface area contributed by atoms with Gasteiger partial charge in [0.2, 0.25) is 0 Å². The number of hydrogen-bond acceptors (Lipinski definition) is 4. The number of benzene rings is 1. The molecule has 0 radical (unpaired) electrons. The minimum absolute atomic E-state index is 0.539. The van der Waals surface area contributed by atoms with Crippen LogP contribution in [0.5, 0.6) is 5.75 Å². The maximum absolute atomic E-state index is 9.96. The summed E-state index contributed by atoms with van der Waals surface area (Å²) < 4.78 is 5.51. The standard InChI is InChI=1S/C14H22N2O2/c1-3-18-12-6-4-5-11(13(12)15)16-9-7-14(2,17)8-10-16/h4-6,17H,3,7-10,15H2,1-2H3. The van der Waals surface area contributed by atoms with Crippen LogP contribution in [0.15, 0.2) is 18.2 Å². The molecular formula is C14H22N2O2. The summed E-state index contributed by atoms with van der Waals surface area (Å²) in [5.41, 5.74) is 7.31. The normalized spacial score (nSPS) is 18.7. The fourth-order valence-corrected chi connectivity index (χ4v) is 2.32. The molecule has 0 spiro atoms. The molecule has 1 aromatic rings. The van der Waals surface area contributed by atoms with Crippen LogP contribution in [0, 0.1) is 0 Å². The SMILES string of the molecule is CCOc1cccc(N2CCC(C)(O)CC2)c1N. The molecule has 0 atom stereocenters. The van der Waals surface area contributed by atoms with Gasteiger partial charge in [-0.1, -0.05) is 6.07 Å². The van der Waals surface area contributed by atoms with Crippen molar-refractivity contribution in [3.05, 3.63) is 18.2 Å². The van der Waals surface area contributed by atoms with Crippen molar-refractivity contribution in [3.8, 4) is 5.75 Å². The van der Waals surface area contributed by atoms with E-state index in [1.165, 1.54) is 0 Å². The van der Waals surface area contributed by atoms with Gasteiger partial charge < -0.3 is 20.5 Å². The van der Waals surface area contributed by atoms with Crippen LogP contribution in [0.25, 0.3) is 0 Å². The summed E-state index contributed by atoms with van der Waals surface area (Å²) in [4.78, 5) is 2.22. The monoisotopic (exact) mass is 250 g/mol. The summed E-state index contributed by atoms with van der Waals surface area (Å²) in [6.45, 7) is 6.11. The maximum atomic E-state index is 9.96. The lowest BCUT2D eigenvalue weighted by Crippen LogP contribution is -2.42. The molecule has 0 aliphatic carbocycles. The maximum Gasteiger partial charge on any atom is 0.144 e. The fourth-order valence-electron chi connectivity index (χ4n) is 2.32. The Balaban J connectivity index is 2.16. The van der Waals surface area contributed by atoms with Gasteiger partial charge in [-0.3, -0.25) is 0 Å². The van der Waals surface area contributed by atoms with E-state index in [1.807, 2.05) is 32.0 Å². The molecule has 1 aliphatic rings. The molecular weight excluding hydrogens is 228 g/mol. The topological polar surface area (TPSA) is 58.7 Å². The molecule has 1 fully saturated rings. The van der Waals surface area contributed by atoms with Gasteiger partial charge in [0.05, 0.1) is 23.6 Å². The zero-order chi connectivity index (χ0) is 13.2. The smallest absolute Gasteiger partial charge is 0.144 e. The van der Waals surface area contributed by atoms with Crippen LogP contribution in [-0.4, -0.2) is 30.4 Å². The Morgan fingerprint density at radius 2 is 2.06 bits per heavy atom. The van der Waals surface area contributed by atoms with E-state index in [-0.39, 0.29) is 0 Å². The average molecular weight is 250 g/mol. The number of anilines is 2. The Labute approximate surface area is 108 Å². The van der Waals surface area contributed by atoms with Crippen LogP contribution in [0.2, 0.25) is 0 Å². The molecule has 0 amide bonds. The van der Waals surface area contributed by atoms with Gasteiger partial charge in [-0.25, -0.2) is 0 Å². The predicted octanol–water partition coefficient (Wildman–Crippen LogP) is 2.02. The molecule has 18 heavy (non-hydrogen) atoms. The first-order valence-corrected chi connectivity index (χ1v) is 6.52. The number of nitrogens with two attached hydrogens (primary N) is 1. The molecule has 0 unspecified atom stereocenters. The molecule has 1 aliphatic heterocycles. The molecule has 0 aromatic heterocycles. The van der Waals surface area contributed by atoms with Crippen molar-refractivity contribution in [1.29, 1.82) is 0 Å². The Kier molecular flexibility index (Phi) is 3.66. The van der Waals surface area contributed by atoms with Crippen molar-refractivity contribution in [1.82, 2.24) is 0 Å². The molecule has 0 saturated carbocycles. The number of para-hydroxylation sites is 1. The molecule has 100 valence electrons. The Hall–Kier alpha value is -1.42. The number of nitrogens with zero attached hydrogens (tertiary/aromatic N) is 1. The number of piperidine rings is 1. The van der Waals surface area contributed by atoms with E-state index in [4.69, 9.17) is 10.5 Å². The summed E-state index contributed by atoms with van der Waals surface area (Å²) in [5, 5.41) is 9.96. The molecule has 0 bridgehead atoms.